The second-order valence-corrected chi connectivity index (χ2v) is 4.70. The molecule has 0 radical (unpaired) electrons. The van der Waals surface area contributed by atoms with E-state index in [1.54, 1.807) is 12.4 Å². The summed E-state index contributed by atoms with van der Waals surface area (Å²) in [6.07, 6.45) is 2.47. The van der Waals surface area contributed by atoms with Crippen LogP contribution in [0.15, 0.2) is 54.9 Å². The standard InChI is InChI=1S/C17H14N4.ClH/c1-18-14-7-8-16-15(11-14)17(21-12-20-16)19-10-9-13-5-3-2-4-6-13;/h2-8,11-12H,9-10H2,(H,19,20,21);1H. The molecule has 3 rings (SSSR count). The van der Waals surface area contributed by atoms with Crippen molar-refractivity contribution in [3.05, 3.63) is 71.8 Å². The summed E-state index contributed by atoms with van der Waals surface area (Å²) in [6.45, 7) is 7.89. The Kier molecular flexibility index (Phi) is 5.29. The third-order valence-corrected chi connectivity index (χ3v) is 3.30. The molecule has 0 spiro atoms. The second-order valence-electron chi connectivity index (χ2n) is 4.70. The number of nitrogens with one attached hydrogen (secondary N) is 1. The van der Waals surface area contributed by atoms with Crippen LogP contribution in [0.1, 0.15) is 5.56 Å². The maximum atomic E-state index is 7.10. The molecule has 2 aromatic carbocycles. The molecular weight excluding hydrogens is 296 g/mol. The van der Waals surface area contributed by atoms with Crippen molar-refractivity contribution in [2.75, 3.05) is 11.9 Å². The molecule has 1 aromatic heterocycles. The van der Waals surface area contributed by atoms with Crippen LogP contribution < -0.4 is 5.32 Å². The second kappa shape index (κ2) is 7.39. The lowest BCUT2D eigenvalue weighted by Gasteiger charge is -2.08. The quantitative estimate of drug-likeness (QED) is 0.732. The predicted octanol–water partition coefficient (Wildman–Crippen LogP) is 4.26. The number of hydrogen-bond donors (Lipinski definition) is 1. The third kappa shape index (κ3) is 3.51. The van der Waals surface area contributed by atoms with E-state index in [1.165, 1.54) is 5.56 Å². The lowest BCUT2D eigenvalue weighted by molar-refractivity contribution is 1.01. The molecule has 1 heterocycles. The topological polar surface area (TPSA) is 42.2 Å². The average molecular weight is 311 g/mol. The van der Waals surface area contributed by atoms with Crippen molar-refractivity contribution in [1.29, 1.82) is 0 Å². The molecule has 0 amide bonds. The zero-order valence-electron chi connectivity index (χ0n) is 11.9. The highest BCUT2D eigenvalue weighted by molar-refractivity contribution is 5.91. The molecule has 5 heteroatoms. The minimum absolute atomic E-state index is 0. The number of rotatable bonds is 4. The molecule has 0 aliphatic carbocycles. The molecule has 22 heavy (non-hydrogen) atoms. The van der Waals surface area contributed by atoms with Crippen molar-refractivity contribution in [2.45, 2.75) is 6.42 Å². The Hall–Kier alpha value is -2.64. The van der Waals surface area contributed by atoms with Crippen molar-refractivity contribution >= 4 is 34.8 Å². The van der Waals surface area contributed by atoms with Gasteiger partial charge >= 0.3 is 0 Å². The van der Waals surface area contributed by atoms with Gasteiger partial charge in [0, 0.05) is 11.9 Å². The van der Waals surface area contributed by atoms with Gasteiger partial charge in [-0.3, -0.25) is 0 Å². The first-order chi connectivity index (χ1) is 10.4. The Bertz CT molecular complexity index is 797. The summed E-state index contributed by atoms with van der Waals surface area (Å²) in [5.41, 5.74) is 2.73. The smallest absolute Gasteiger partial charge is 0.188 e. The van der Waals surface area contributed by atoms with Crippen molar-refractivity contribution in [3.8, 4) is 0 Å². The van der Waals surface area contributed by atoms with Gasteiger partial charge < -0.3 is 5.32 Å². The largest absolute Gasteiger partial charge is 0.369 e. The molecule has 0 bridgehead atoms. The van der Waals surface area contributed by atoms with Crippen LogP contribution in [0.3, 0.4) is 0 Å². The minimum atomic E-state index is 0. The summed E-state index contributed by atoms with van der Waals surface area (Å²) < 4.78 is 0. The summed E-state index contributed by atoms with van der Waals surface area (Å²) in [4.78, 5) is 12.0. The predicted molar refractivity (Wildman–Crippen MR) is 91.7 cm³/mol. The molecule has 3 aromatic rings. The van der Waals surface area contributed by atoms with E-state index in [0.29, 0.717) is 5.69 Å². The Balaban J connectivity index is 0.00000176. The van der Waals surface area contributed by atoms with E-state index in [0.717, 1.165) is 29.7 Å². The van der Waals surface area contributed by atoms with E-state index in [4.69, 9.17) is 6.57 Å². The Morgan fingerprint density at radius 3 is 2.64 bits per heavy atom. The van der Waals surface area contributed by atoms with Gasteiger partial charge in [-0.15, -0.1) is 12.4 Å². The maximum Gasteiger partial charge on any atom is 0.188 e. The van der Waals surface area contributed by atoms with Crippen LogP contribution in [0.4, 0.5) is 11.5 Å². The molecule has 0 aliphatic rings. The highest BCUT2D eigenvalue weighted by atomic mass is 35.5. The van der Waals surface area contributed by atoms with Gasteiger partial charge in [0.15, 0.2) is 5.69 Å². The fourth-order valence-electron chi connectivity index (χ4n) is 2.22. The van der Waals surface area contributed by atoms with E-state index >= 15 is 0 Å². The SMILES string of the molecule is Cl.[C-]#[N+]c1ccc2ncnc(NCCc3ccccc3)c2c1. The van der Waals surface area contributed by atoms with E-state index in [-0.39, 0.29) is 12.4 Å². The molecular formula is C17H15ClN4. The van der Waals surface area contributed by atoms with Gasteiger partial charge in [-0.25, -0.2) is 14.8 Å². The third-order valence-electron chi connectivity index (χ3n) is 3.30. The number of benzene rings is 2. The van der Waals surface area contributed by atoms with Crippen LogP contribution in [-0.2, 0) is 6.42 Å². The molecule has 0 fully saturated rings. The van der Waals surface area contributed by atoms with Crippen molar-refractivity contribution < 1.29 is 0 Å². The molecule has 110 valence electrons. The van der Waals surface area contributed by atoms with E-state index in [9.17, 15) is 0 Å². The van der Waals surface area contributed by atoms with Gasteiger partial charge in [0.1, 0.15) is 12.1 Å². The zero-order chi connectivity index (χ0) is 14.5. The number of hydrogen-bond acceptors (Lipinski definition) is 3. The number of aromatic nitrogens is 2. The van der Waals surface area contributed by atoms with E-state index in [2.05, 4.69) is 32.3 Å². The molecule has 0 unspecified atom stereocenters. The molecule has 0 saturated carbocycles. The Morgan fingerprint density at radius 2 is 1.86 bits per heavy atom. The van der Waals surface area contributed by atoms with Crippen molar-refractivity contribution in [2.24, 2.45) is 0 Å². The zero-order valence-corrected chi connectivity index (χ0v) is 12.7. The van der Waals surface area contributed by atoms with E-state index in [1.807, 2.05) is 30.3 Å². The Morgan fingerprint density at radius 1 is 1.05 bits per heavy atom. The van der Waals surface area contributed by atoms with Gasteiger partial charge in [0.25, 0.3) is 0 Å². The fourth-order valence-corrected chi connectivity index (χ4v) is 2.22. The summed E-state index contributed by atoms with van der Waals surface area (Å²) in [7, 11) is 0. The van der Waals surface area contributed by atoms with Gasteiger partial charge in [0.05, 0.1) is 12.1 Å². The first-order valence-electron chi connectivity index (χ1n) is 6.77. The molecule has 4 nitrogen and oxygen atoms in total. The highest BCUT2D eigenvalue weighted by Crippen LogP contribution is 2.24. The lowest BCUT2D eigenvalue weighted by Crippen LogP contribution is -2.07. The highest BCUT2D eigenvalue weighted by Gasteiger charge is 2.04. The summed E-state index contributed by atoms with van der Waals surface area (Å²) in [5.74, 6) is 0.779. The molecule has 0 atom stereocenters. The van der Waals surface area contributed by atoms with Crippen LogP contribution in [0.25, 0.3) is 15.7 Å². The van der Waals surface area contributed by atoms with Gasteiger partial charge in [0.2, 0.25) is 0 Å². The number of fused-ring (bicyclic) bond motifs is 1. The monoisotopic (exact) mass is 310 g/mol. The average Bonchev–Trinajstić information content (AvgIpc) is 2.55. The molecule has 1 N–H and O–H groups in total. The first kappa shape index (κ1) is 15.7. The van der Waals surface area contributed by atoms with Gasteiger partial charge in [-0.1, -0.05) is 36.4 Å². The van der Waals surface area contributed by atoms with Crippen molar-refractivity contribution in [1.82, 2.24) is 9.97 Å². The summed E-state index contributed by atoms with van der Waals surface area (Å²) in [6, 6.07) is 15.8. The van der Waals surface area contributed by atoms with Crippen LogP contribution in [0, 0.1) is 6.57 Å². The number of nitrogens with zero attached hydrogens (tertiary/aromatic N) is 3. The van der Waals surface area contributed by atoms with E-state index < -0.39 is 0 Å². The first-order valence-corrected chi connectivity index (χ1v) is 6.77. The van der Waals surface area contributed by atoms with Crippen LogP contribution in [0.2, 0.25) is 0 Å². The maximum absolute atomic E-state index is 7.10. The normalized spacial score (nSPS) is 9.77. The van der Waals surface area contributed by atoms with Crippen LogP contribution in [0.5, 0.6) is 0 Å². The molecule has 0 aliphatic heterocycles. The number of halogens is 1. The summed E-state index contributed by atoms with van der Waals surface area (Å²) in [5, 5.41) is 4.22. The van der Waals surface area contributed by atoms with Gasteiger partial charge in [-0.2, -0.15) is 0 Å². The molecule has 0 saturated heterocycles. The number of anilines is 1. The summed E-state index contributed by atoms with van der Waals surface area (Å²) >= 11 is 0. The minimum Gasteiger partial charge on any atom is -0.369 e. The Labute approximate surface area is 135 Å². The van der Waals surface area contributed by atoms with Crippen LogP contribution in [-0.4, -0.2) is 16.5 Å². The van der Waals surface area contributed by atoms with Crippen molar-refractivity contribution in [3.63, 3.8) is 0 Å². The van der Waals surface area contributed by atoms with Gasteiger partial charge in [-0.05, 0) is 24.1 Å². The fraction of sp³-hybridized carbons (Fsp3) is 0.118. The lowest BCUT2D eigenvalue weighted by atomic mass is 10.1. The van der Waals surface area contributed by atoms with Crippen LogP contribution >= 0.6 is 12.4 Å².